The monoisotopic (exact) mass is 280 g/mol. The molecule has 0 aromatic heterocycles. The maximum atomic E-state index is 10.4. The summed E-state index contributed by atoms with van der Waals surface area (Å²) in [5.74, 6) is 2.75. The second kappa shape index (κ2) is 6.76. The zero-order chi connectivity index (χ0) is 13.9. The van der Waals surface area contributed by atoms with Crippen LogP contribution in [0.1, 0.15) is 45.4 Å². The van der Waals surface area contributed by atoms with Crippen molar-refractivity contribution in [3.05, 3.63) is 0 Å². The Labute approximate surface area is 124 Å². The Kier molecular flexibility index (Phi) is 5.00. The van der Waals surface area contributed by atoms with E-state index < -0.39 is 0 Å². The summed E-state index contributed by atoms with van der Waals surface area (Å²) in [7, 11) is 0. The number of aliphatic hydroxyl groups is 1. The Bertz CT molecular complexity index is 287. The highest BCUT2D eigenvalue weighted by Gasteiger charge is 2.34. The topological polar surface area (TPSA) is 26.7 Å². The summed E-state index contributed by atoms with van der Waals surface area (Å²) in [4.78, 5) is 5.01. The van der Waals surface area contributed by atoms with Crippen molar-refractivity contribution >= 4 is 0 Å². The standard InChI is InChI=1S/C17H32N2O/c1-14-6-8-18(9-7-14)12-17(20)13-19-10-15-4-2-3-5-16(15)11-19/h14-17,20H,2-13H2,1H3. The van der Waals surface area contributed by atoms with E-state index in [0.29, 0.717) is 0 Å². The first-order valence-corrected chi connectivity index (χ1v) is 8.83. The van der Waals surface area contributed by atoms with Gasteiger partial charge in [-0.1, -0.05) is 19.8 Å². The van der Waals surface area contributed by atoms with Gasteiger partial charge in [-0.15, -0.1) is 0 Å². The maximum absolute atomic E-state index is 10.4. The summed E-state index contributed by atoms with van der Waals surface area (Å²) in [5, 5.41) is 10.4. The number of rotatable bonds is 4. The van der Waals surface area contributed by atoms with Crippen molar-refractivity contribution < 1.29 is 5.11 Å². The average Bonchev–Trinajstić information content (AvgIpc) is 2.83. The zero-order valence-corrected chi connectivity index (χ0v) is 13.1. The molecule has 0 aromatic carbocycles. The minimum atomic E-state index is -0.149. The highest BCUT2D eigenvalue weighted by Crippen LogP contribution is 2.35. The molecule has 20 heavy (non-hydrogen) atoms. The summed E-state index contributed by atoms with van der Waals surface area (Å²) in [6.07, 6.45) is 8.19. The number of nitrogens with zero attached hydrogens (tertiary/aromatic N) is 2. The van der Waals surface area contributed by atoms with Gasteiger partial charge in [0, 0.05) is 26.2 Å². The number of hydrogen-bond acceptors (Lipinski definition) is 3. The zero-order valence-electron chi connectivity index (χ0n) is 13.1. The van der Waals surface area contributed by atoms with Gasteiger partial charge in [0.25, 0.3) is 0 Å². The Morgan fingerprint density at radius 2 is 1.45 bits per heavy atom. The lowest BCUT2D eigenvalue weighted by Crippen LogP contribution is -2.42. The largest absolute Gasteiger partial charge is 0.390 e. The van der Waals surface area contributed by atoms with Gasteiger partial charge in [-0.25, -0.2) is 0 Å². The van der Waals surface area contributed by atoms with Gasteiger partial charge in [-0.2, -0.15) is 0 Å². The van der Waals surface area contributed by atoms with Crippen molar-refractivity contribution in [3.8, 4) is 0 Å². The minimum absolute atomic E-state index is 0.149. The molecule has 0 spiro atoms. The first kappa shape index (κ1) is 14.8. The van der Waals surface area contributed by atoms with Gasteiger partial charge in [0.15, 0.2) is 0 Å². The summed E-state index contributed by atoms with van der Waals surface area (Å²) in [6.45, 7) is 9.00. The van der Waals surface area contributed by atoms with Crippen LogP contribution in [-0.2, 0) is 0 Å². The van der Waals surface area contributed by atoms with E-state index in [0.717, 1.165) is 30.8 Å². The molecule has 3 nitrogen and oxygen atoms in total. The van der Waals surface area contributed by atoms with Gasteiger partial charge in [0.1, 0.15) is 0 Å². The molecule has 0 aromatic rings. The minimum Gasteiger partial charge on any atom is -0.390 e. The fourth-order valence-corrected chi connectivity index (χ4v) is 4.55. The van der Waals surface area contributed by atoms with E-state index in [-0.39, 0.29) is 6.10 Å². The third-order valence-electron chi connectivity index (χ3n) is 5.87. The SMILES string of the molecule is CC1CCN(CC(O)CN2CC3CCCCC3C2)CC1. The van der Waals surface area contributed by atoms with Crippen molar-refractivity contribution in [2.24, 2.45) is 17.8 Å². The molecule has 3 heteroatoms. The van der Waals surface area contributed by atoms with Gasteiger partial charge in [0.05, 0.1) is 6.10 Å². The molecule has 3 unspecified atom stereocenters. The van der Waals surface area contributed by atoms with E-state index in [9.17, 15) is 5.11 Å². The lowest BCUT2D eigenvalue weighted by molar-refractivity contribution is 0.0660. The second-order valence-corrected chi connectivity index (χ2v) is 7.66. The van der Waals surface area contributed by atoms with Gasteiger partial charge in [-0.3, -0.25) is 0 Å². The molecule has 2 aliphatic heterocycles. The molecule has 0 bridgehead atoms. The van der Waals surface area contributed by atoms with E-state index in [2.05, 4.69) is 16.7 Å². The van der Waals surface area contributed by atoms with Crippen LogP contribution in [0.2, 0.25) is 0 Å². The number of hydrogen-bond donors (Lipinski definition) is 1. The third kappa shape index (κ3) is 3.75. The molecular formula is C17H32N2O. The van der Waals surface area contributed by atoms with Crippen LogP contribution < -0.4 is 0 Å². The lowest BCUT2D eigenvalue weighted by Gasteiger charge is -2.32. The molecule has 3 atom stereocenters. The van der Waals surface area contributed by atoms with Crippen molar-refractivity contribution in [1.29, 1.82) is 0 Å². The first-order chi connectivity index (χ1) is 9.70. The third-order valence-corrected chi connectivity index (χ3v) is 5.87. The van der Waals surface area contributed by atoms with Crippen molar-refractivity contribution in [2.45, 2.75) is 51.6 Å². The van der Waals surface area contributed by atoms with Gasteiger partial charge in [-0.05, 0) is 56.5 Å². The van der Waals surface area contributed by atoms with E-state index in [1.165, 1.54) is 64.7 Å². The van der Waals surface area contributed by atoms with Crippen LogP contribution in [0.4, 0.5) is 0 Å². The molecule has 3 rings (SSSR count). The van der Waals surface area contributed by atoms with E-state index >= 15 is 0 Å². The molecule has 0 amide bonds. The predicted molar refractivity (Wildman–Crippen MR) is 82.7 cm³/mol. The molecule has 0 radical (unpaired) electrons. The highest BCUT2D eigenvalue weighted by molar-refractivity contribution is 4.88. The fraction of sp³-hybridized carbons (Fsp3) is 1.00. The summed E-state index contributed by atoms with van der Waals surface area (Å²) < 4.78 is 0. The maximum Gasteiger partial charge on any atom is 0.0793 e. The molecule has 1 aliphatic carbocycles. The number of piperidine rings is 1. The number of likely N-dealkylation sites (tertiary alicyclic amines) is 2. The Hall–Kier alpha value is -0.120. The van der Waals surface area contributed by atoms with Crippen LogP contribution in [-0.4, -0.2) is 60.3 Å². The number of β-amino-alcohol motifs (C(OH)–C–C–N with tert-alkyl or cyclic N) is 1. The second-order valence-electron chi connectivity index (χ2n) is 7.66. The fourth-order valence-electron chi connectivity index (χ4n) is 4.55. The molecule has 3 aliphatic rings. The highest BCUT2D eigenvalue weighted by atomic mass is 16.3. The molecule has 3 fully saturated rings. The first-order valence-electron chi connectivity index (χ1n) is 8.83. The average molecular weight is 280 g/mol. The van der Waals surface area contributed by atoms with Crippen molar-refractivity contribution in [2.75, 3.05) is 39.3 Å². The molecule has 1 N–H and O–H groups in total. The van der Waals surface area contributed by atoms with E-state index in [1.54, 1.807) is 0 Å². The Balaban J connectivity index is 1.39. The summed E-state index contributed by atoms with van der Waals surface area (Å²) in [5.41, 5.74) is 0. The molecule has 2 saturated heterocycles. The van der Waals surface area contributed by atoms with Crippen LogP contribution in [0.15, 0.2) is 0 Å². The van der Waals surface area contributed by atoms with E-state index in [1.807, 2.05) is 0 Å². The van der Waals surface area contributed by atoms with Gasteiger partial charge in [0.2, 0.25) is 0 Å². The van der Waals surface area contributed by atoms with Gasteiger partial charge >= 0.3 is 0 Å². The smallest absolute Gasteiger partial charge is 0.0793 e. The molecule has 2 heterocycles. The quantitative estimate of drug-likeness (QED) is 0.855. The van der Waals surface area contributed by atoms with Crippen LogP contribution >= 0.6 is 0 Å². The normalized spacial score (nSPS) is 35.1. The predicted octanol–water partition coefficient (Wildman–Crippen LogP) is 2.20. The Morgan fingerprint density at radius 1 is 0.900 bits per heavy atom. The Morgan fingerprint density at radius 3 is 2.05 bits per heavy atom. The van der Waals surface area contributed by atoms with Gasteiger partial charge < -0.3 is 14.9 Å². The van der Waals surface area contributed by atoms with Crippen molar-refractivity contribution in [3.63, 3.8) is 0 Å². The number of fused-ring (bicyclic) bond motifs is 1. The van der Waals surface area contributed by atoms with Crippen molar-refractivity contribution in [1.82, 2.24) is 9.80 Å². The number of aliphatic hydroxyl groups excluding tert-OH is 1. The van der Waals surface area contributed by atoms with Crippen LogP contribution in [0.3, 0.4) is 0 Å². The molecule has 116 valence electrons. The van der Waals surface area contributed by atoms with Crippen LogP contribution in [0, 0.1) is 17.8 Å². The lowest BCUT2D eigenvalue weighted by atomic mass is 9.82. The molecular weight excluding hydrogens is 248 g/mol. The van der Waals surface area contributed by atoms with Crippen LogP contribution in [0.25, 0.3) is 0 Å². The summed E-state index contributed by atoms with van der Waals surface area (Å²) in [6, 6.07) is 0. The van der Waals surface area contributed by atoms with Crippen LogP contribution in [0.5, 0.6) is 0 Å². The van der Waals surface area contributed by atoms with E-state index in [4.69, 9.17) is 0 Å². The molecule has 1 saturated carbocycles. The summed E-state index contributed by atoms with van der Waals surface area (Å²) >= 11 is 0.